The van der Waals surface area contributed by atoms with Gasteiger partial charge >= 0.3 is 0 Å². The molecule has 0 aromatic heterocycles. The number of hydrogen-bond donors (Lipinski definition) is 0. The first-order chi connectivity index (χ1) is 9.11. The Bertz CT molecular complexity index is 689. The van der Waals surface area contributed by atoms with E-state index in [0.717, 1.165) is 6.16 Å². The Morgan fingerprint density at radius 3 is 2.16 bits per heavy atom. The maximum absolute atomic E-state index is 2.81. The van der Waals surface area contributed by atoms with Crippen molar-refractivity contribution in [3.8, 4) is 11.1 Å². The highest BCUT2D eigenvalue weighted by Gasteiger charge is 2.24. The molecular weight excluding hydrogens is 247 g/mol. The van der Waals surface area contributed by atoms with Crippen LogP contribution in [0.15, 0.2) is 42.0 Å². The summed E-state index contributed by atoms with van der Waals surface area (Å²) in [4.78, 5) is 0. The van der Waals surface area contributed by atoms with Crippen molar-refractivity contribution in [3.05, 3.63) is 64.2 Å². The number of rotatable bonds is 1. The molecule has 1 heteroatoms. The van der Waals surface area contributed by atoms with Crippen molar-refractivity contribution in [2.24, 2.45) is 0 Å². The first-order valence-electron chi connectivity index (χ1n) is 6.74. The average molecular weight is 266 g/mol. The topological polar surface area (TPSA) is 0 Å². The second-order valence-corrected chi connectivity index (χ2v) is 5.92. The van der Waals surface area contributed by atoms with E-state index in [0.29, 0.717) is 0 Å². The molecule has 0 amide bonds. The number of allylic oxidation sites excluding steroid dienone is 1. The Kier molecular flexibility index (Phi) is 3.07. The van der Waals surface area contributed by atoms with Crippen LogP contribution in [0.3, 0.4) is 0 Å². The fourth-order valence-corrected chi connectivity index (χ4v) is 3.20. The van der Waals surface area contributed by atoms with Crippen LogP contribution in [0.4, 0.5) is 0 Å². The third-order valence-electron chi connectivity index (χ3n) is 3.82. The van der Waals surface area contributed by atoms with Crippen LogP contribution >= 0.6 is 9.24 Å². The van der Waals surface area contributed by atoms with E-state index >= 15 is 0 Å². The monoisotopic (exact) mass is 266 g/mol. The van der Waals surface area contributed by atoms with Gasteiger partial charge in [-0.25, -0.2) is 0 Å². The van der Waals surface area contributed by atoms with Gasteiger partial charge in [-0.1, -0.05) is 47.5 Å². The zero-order valence-corrected chi connectivity index (χ0v) is 12.9. The maximum atomic E-state index is 2.81. The summed E-state index contributed by atoms with van der Waals surface area (Å²) in [5.41, 5.74) is 11.1. The van der Waals surface area contributed by atoms with Gasteiger partial charge in [-0.2, -0.15) is 0 Å². The van der Waals surface area contributed by atoms with E-state index in [9.17, 15) is 0 Å². The zero-order valence-electron chi connectivity index (χ0n) is 11.7. The SMILES string of the molecule is CC(C)=C1c2cc(C)ccc2-c2ccc(CP)cc21. The highest BCUT2D eigenvalue weighted by atomic mass is 31.0. The Balaban J connectivity index is 2.35. The van der Waals surface area contributed by atoms with Gasteiger partial charge in [0.1, 0.15) is 0 Å². The van der Waals surface area contributed by atoms with Crippen LogP contribution in [0, 0.1) is 6.92 Å². The summed E-state index contributed by atoms with van der Waals surface area (Å²) >= 11 is 0. The minimum absolute atomic E-state index is 1.01. The summed E-state index contributed by atoms with van der Waals surface area (Å²) in [5, 5.41) is 0. The largest absolute Gasteiger partial charge is 0.133 e. The van der Waals surface area contributed by atoms with E-state index in [1.54, 1.807) is 0 Å². The van der Waals surface area contributed by atoms with Crippen LogP contribution in [-0.4, -0.2) is 0 Å². The maximum Gasteiger partial charge on any atom is -0.00967 e. The molecule has 0 saturated heterocycles. The van der Waals surface area contributed by atoms with Crippen LogP contribution in [0.25, 0.3) is 16.7 Å². The molecule has 0 heterocycles. The second kappa shape index (κ2) is 4.62. The molecule has 96 valence electrons. The Labute approximate surface area is 117 Å². The number of hydrogen-bond acceptors (Lipinski definition) is 0. The summed E-state index contributed by atoms with van der Waals surface area (Å²) in [6.07, 6.45) is 1.01. The number of aryl methyl sites for hydroxylation is 1. The highest BCUT2D eigenvalue weighted by molar-refractivity contribution is 7.15. The summed E-state index contributed by atoms with van der Waals surface area (Å²) in [6.45, 7) is 6.59. The number of benzene rings is 2. The van der Waals surface area contributed by atoms with Crippen LogP contribution in [0.2, 0.25) is 0 Å². The molecule has 1 atom stereocenters. The van der Waals surface area contributed by atoms with Gasteiger partial charge < -0.3 is 0 Å². The summed E-state index contributed by atoms with van der Waals surface area (Å²) in [7, 11) is 2.81. The molecule has 0 fully saturated rings. The van der Waals surface area contributed by atoms with E-state index in [1.807, 2.05) is 0 Å². The van der Waals surface area contributed by atoms with Crippen molar-refractivity contribution >= 4 is 14.8 Å². The van der Waals surface area contributed by atoms with Gasteiger partial charge in [0.2, 0.25) is 0 Å². The Morgan fingerprint density at radius 2 is 1.53 bits per heavy atom. The fraction of sp³-hybridized carbons (Fsp3) is 0.222. The standard InChI is InChI=1S/C18H19P/c1-11(2)18-16-8-12(3)4-6-14(16)15-7-5-13(10-19)9-17(15)18/h4-9H,10,19H2,1-3H3. The summed E-state index contributed by atoms with van der Waals surface area (Å²) in [6, 6.07) is 13.7. The van der Waals surface area contributed by atoms with Crippen LogP contribution < -0.4 is 0 Å². The van der Waals surface area contributed by atoms with E-state index in [4.69, 9.17) is 0 Å². The van der Waals surface area contributed by atoms with Crippen molar-refractivity contribution in [1.29, 1.82) is 0 Å². The quantitative estimate of drug-likeness (QED) is 0.531. The molecule has 1 aliphatic carbocycles. The lowest BCUT2D eigenvalue weighted by Gasteiger charge is -2.07. The Hall–Kier alpha value is -1.39. The molecule has 19 heavy (non-hydrogen) atoms. The molecule has 2 aromatic rings. The van der Waals surface area contributed by atoms with Gasteiger partial charge in [0.25, 0.3) is 0 Å². The molecule has 0 bridgehead atoms. The predicted molar refractivity (Wildman–Crippen MR) is 87.4 cm³/mol. The molecule has 0 radical (unpaired) electrons. The lowest BCUT2D eigenvalue weighted by Crippen LogP contribution is -1.87. The van der Waals surface area contributed by atoms with E-state index in [1.165, 1.54) is 44.5 Å². The lowest BCUT2D eigenvalue weighted by atomic mass is 9.98. The van der Waals surface area contributed by atoms with E-state index in [2.05, 4.69) is 66.4 Å². The predicted octanol–water partition coefficient (Wildman–Crippen LogP) is 5.19. The molecule has 0 N–H and O–H groups in total. The van der Waals surface area contributed by atoms with Crippen LogP contribution in [-0.2, 0) is 6.16 Å². The van der Waals surface area contributed by atoms with Gasteiger partial charge in [0.05, 0.1) is 0 Å². The van der Waals surface area contributed by atoms with Crippen molar-refractivity contribution < 1.29 is 0 Å². The van der Waals surface area contributed by atoms with Crippen molar-refractivity contribution in [2.45, 2.75) is 26.9 Å². The van der Waals surface area contributed by atoms with E-state index < -0.39 is 0 Å². The molecule has 3 rings (SSSR count). The molecule has 0 spiro atoms. The van der Waals surface area contributed by atoms with E-state index in [-0.39, 0.29) is 0 Å². The van der Waals surface area contributed by atoms with Gasteiger partial charge in [-0.15, -0.1) is 9.24 Å². The third-order valence-corrected chi connectivity index (χ3v) is 4.30. The van der Waals surface area contributed by atoms with Gasteiger partial charge in [0.15, 0.2) is 0 Å². The van der Waals surface area contributed by atoms with Gasteiger partial charge in [0, 0.05) is 0 Å². The molecule has 1 aliphatic rings. The zero-order chi connectivity index (χ0) is 13.6. The molecule has 0 nitrogen and oxygen atoms in total. The summed E-state index contributed by atoms with van der Waals surface area (Å²) < 4.78 is 0. The first kappa shape index (κ1) is 12.6. The Morgan fingerprint density at radius 1 is 0.895 bits per heavy atom. The normalized spacial score (nSPS) is 12.3. The minimum Gasteiger partial charge on any atom is -0.133 e. The lowest BCUT2D eigenvalue weighted by molar-refractivity contribution is 1.37. The molecule has 2 aromatic carbocycles. The van der Waals surface area contributed by atoms with Crippen LogP contribution in [0.1, 0.15) is 36.1 Å². The third kappa shape index (κ3) is 1.95. The number of fused-ring (bicyclic) bond motifs is 3. The average Bonchev–Trinajstić information content (AvgIpc) is 2.70. The molecule has 0 aliphatic heterocycles. The minimum atomic E-state index is 1.01. The van der Waals surface area contributed by atoms with Gasteiger partial charge in [-0.05, 0) is 60.3 Å². The fourth-order valence-electron chi connectivity index (χ4n) is 2.94. The highest BCUT2D eigenvalue weighted by Crippen LogP contribution is 2.46. The van der Waals surface area contributed by atoms with Crippen molar-refractivity contribution in [2.75, 3.05) is 0 Å². The van der Waals surface area contributed by atoms with Crippen molar-refractivity contribution in [1.82, 2.24) is 0 Å². The first-order valence-corrected chi connectivity index (χ1v) is 7.55. The molecule has 1 unspecified atom stereocenters. The van der Waals surface area contributed by atoms with Crippen molar-refractivity contribution in [3.63, 3.8) is 0 Å². The van der Waals surface area contributed by atoms with Gasteiger partial charge in [-0.3, -0.25) is 0 Å². The second-order valence-electron chi connectivity index (χ2n) is 5.51. The molecular formula is C18H19P. The smallest absolute Gasteiger partial charge is 0.00967 e. The molecule has 0 saturated carbocycles. The van der Waals surface area contributed by atoms with Crippen LogP contribution in [0.5, 0.6) is 0 Å². The summed E-state index contributed by atoms with van der Waals surface area (Å²) in [5.74, 6) is 0.